The average Bonchev–Trinajstić information content (AvgIpc) is 2.71. The first-order valence-electron chi connectivity index (χ1n) is 5.72. The molecule has 1 aromatic carbocycles. The van der Waals surface area contributed by atoms with E-state index in [1.54, 1.807) is 12.1 Å². The molecule has 0 bridgehead atoms. The largest absolute Gasteiger partial charge is 0.350 e. The maximum Gasteiger partial charge on any atom is 0.268 e. The zero-order chi connectivity index (χ0) is 13.3. The normalized spacial score (nSPS) is 11.8. The molecule has 0 aliphatic heterocycles. The van der Waals surface area contributed by atoms with Crippen LogP contribution in [0.25, 0.3) is 10.9 Å². The summed E-state index contributed by atoms with van der Waals surface area (Å²) in [5.74, 6) is -0.583. The molecule has 1 heterocycles. The maximum absolute atomic E-state index is 13.0. The minimum atomic E-state index is -0.473. The molecule has 4 nitrogen and oxygen atoms in total. The van der Waals surface area contributed by atoms with E-state index in [1.165, 1.54) is 12.1 Å². The molecule has 0 unspecified atom stereocenters. The zero-order valence-corrected chi connectivity index (χ0v) is 10.4. The quantitative estimate of drug-likeness (QED) is 0.775. The highest BCUT2D eigenvalue weighted by Gasteiger charge is 2.20. The van der Waals surface area contributed by atoms with Crippen LogP contribution in [0.4, 0.5) is 4.39 Å². The Morgan fingerprint density at radius 3 is 2.83 bits per heavy atom. The molecule has 5 heteroatoms. The van der Waals surface area contributed by atoms with E-state index in [0.717, 1.165) is 5.39 Å². The van der Waals surface area contributed by atoms with Gasteiger partial charge in [0.2, 0.25) is 0 Å². The molecular weight excluding hydrogens is 233 g/mol. The molecule has 0 aliphatic carbocycles. The smallest absolute Gasteiger partial charge is 0.268 e. The third-order valence-electron chi connectivity index (χ3n) is 2.79. The van der Waals surface area contributed by atoms with Crippen molar-refractivity contribution in [1.29, 1.82) is 0 Å². The molecule has 1 amide bonds. The van der Waals surface area contributed by atoms with Gasteiger partial charge in [0.1, 0.15) is 11.5 Å². The van der Waals surface area contributed by atoms with Crippen molar-refractivity contribution in [3.05, 3.63) is 35.8 Å². The van der Waals surface area contributed by atoms with Crippen LogP contribution in [-0.4, -0.2) is 23.0 Å². The van der Waals surface area contributed by atoms with Crippen LogP contribution in [0.3, 0.4) is 0 Å². The first kappa shape index (κ1) is 12.6. The number of H-pyrrole nitrogens is 1. The molecule has 0 spiro atoms. The predicted octanol–water partition coefficient (Wildman–Crippen LogP) is 1.77. The van der Waals surface area contributed by atoms with Gasteiger partial charge in [0.15, 0.2) is 0 Å². The zero-order valence-electron chi connectivity index (χ0n) is 10.4. The second-order valence-electron chi connectivity index (χ2n) is 4.96. The molecule has 96 valence electrons. The summed E-state index contributed by atoms with van der Waals surface area (Å²) >= 11 is 0. The van der Waals surface area contributed by atoms with Crippen LogP contribution in [0.2, 0.25) is 0 Å². The van der Waals surface area contributed by atoms with Gasteiger partial charge in [-0.2, -0.15) is 0 Å². The lowest BCUT2D eigenvalue weighted by atomic mass is 10.1. The van der Waals surface area contributed by atoms with Crippen LogP contribution in [0.15, 0.2) is 24.3 Å². The second kappa shape index (κ2) is 4.42. The van der Waals surface area contributed by atoms with Crippen molar-refractivity contribution in [3.63, 3.8) is 0 Å². The standard InChI is InChI=1S/C13H16FN3O/c1-13(2,7-15)17-12(18)11-5-8-3-4-9(14)6-10(8)16-11/h3-6,16H,7,15H2,1-2H3,(H,17,18). The van der Waals surface area contributed by atoms with E-state index in [4.69, 9.17) is 5.73 Å². The average molecular weight is 249 g/mol. The number of aromatic amines is 1. The molecule has 18 heavy (non-hydrogen) atoms. The summed E-state index contributed by atoms with van der Waals surface area (Å²) in [7, 11) is 0. The number of aromatic nitrogens is 1. The van der Waals surface area contributed by atoms with Crippen LogP contribution in [0.5, 0.6) is 0 Å². The van der Waals surface area contributed by atoms with Gasteiger partial charge in [0.25, 0.3) is 5.91 Å². The molecular formula is C13H16FN3O. The topological polar surface area (TPSA) is 70.9 Å². The number of nitrogens with one attached hydrogen (secondary N) is 2. The predicted molar refractivity (Wildman–Crippen MR) is 68.9 cm³/mol. The number of carbonyl (C=O) groups excluding carboxylic acids is 1. The van der Waals surface area contributed by atoms with Gasteiger partial charge in [0, 0.05) is 23.0 Å². The maximum atomic E-state index is 13.0. The third kappa shape index (κ3) is 2.51. The van der Waals surface area contributed by atoms with Crippen molar-refractivity contribution >= 4 is 16.8 Å². The number of hydrogen-bond acceptors (Lipinski definition) is 2. The van der Waals surface area contributed by atoms with Crippen molar-refractivity contribution in [2.75, 3.05) is 6.54 Å². The number of nitrogens with two attached hydrogens (primary N) is 1. The van der Waals surface area contributed by atoms with Crippen LogP contribution >= 0.6 is 0 Å². The van der Waals surface area contributed by atoms with Crippen molar-refractivity contribution < 1.29 is 9.18 Å². The van der Waals surface area contributed by atoms with Crippen molar-refractivity contribution in [2.45, 2.75) is 19.4 Å². The minimum Gasteiger partial charge on any atom is -0.350 e. The Labute approximate surface area is 104 Å². The highest BCUT2D eigenvalue weighted by atomic mass is 19.1. The second-order valence-corrected chi connectivity index (χ2v) is 4.96. The summed E-state index contributed by atoms with van der Waals surface area (Å²) < 4.78 is 13.0. The lowest BCUT2D eigenvalue weighted by molar-refractivity contribution is 0.0911. The number of benzene rings is 1. The lowest BCUT2D eigenvalue weighted by Crippen LogP contribution is -2.48. The Hall–Kier alpha value is -1.88. The molecule has 2 rings (SSSR count). The summed E-state index contributed by atoms with van der Waals surface area (Å²) in [6.45, 7) is 4.02. The fourth-order valence-electron chi connectivity index (χ4n) is 1.65. The number of rotatable bonds is 3. The minimum absolute atomic E-state index is 0.248. The van der Waals surface area contributed by atoms with Crippen LogP contribution in [0.1, 0.15) is 24.3 Å². The van der Waals surface area contributed by atoms with Crippen molar-refractivity contribution in [2.24, 2.45) is 5.73 Å². The van der Waals surface area contributed by atoms with Gasteiger partial charge in [-0.3, -0.25) is 4.79 Å². The fourth-order valence-corrected chi connectivity index (χ4v) is 1.65. The number of fused-ring (bicyclic) bond motifs is 1. The van der Waals surface area contributed by atoms with Crippen molar-refractivity contribution in [1.82, 2.24) is 10.3 Å². The summed E-state index contributed by atoms with van der Waals surface area (Å²) in [5, 5.41) is 3.61. The molecule has 0 saturated heterocycles. The summed E-state index contributed by atoms with van der Waals surface area (Å²) in [5.41, 5.74) is 6.08. The van der Waals surface area contributed by atoms with Crippen LogP contribution in [-0.2, 0) is 0 Å². The molecule has 2 aromatic rings. The Morgan fingerprint density at radius 1 is 1.44 bits per heavy atom. The molecule has 0 radical (unpaired) electrons. The van der Waals surface area contributed by atoms with E-state index in [-0.39, 0.29) is 11.7 Å². The Morgan fingerprint density at radius 2 is 2.17 bits per heavy atom. The van der Waals surface area contributed by atoms with Gasteiger partial charge >= 0.3 is 0 Å². The van der Waals surface area contributed by atoms with Crippen LogP contribution in [0, 0.1) is 5.82 Å². The molecule has 0 saturated carbocycles. The Balaban J connectivity index is 2.28. The van der Waals surface area contributed by atoms with E-state index >= 15 is 0 Å². The number of halogens is 1. The highest BCUT2D eigenvalue weighted by molar-refractivity contribution is 5.98. The molecule has 0 atom stereocenters. The van der Waals surface area contributed by atoms with E-state index < -0.39 is 5.54 Å². The first-order valence-corrected chi connectivity index (χ1v) is 5.72. The molecule has 0 aliphatic rings. The molecule has 0 fully saturated rings. The SMILES string of the molecule is CC(C)(CN)NC(=O)c1cc2ccc(F)cc2[nH]1. The summed E-state index contributed by atoms with van der Waals surface area (Å²) in [6, 6.07) is 6.05. The van der Waals surface area contributed by atoms with Gasteiger partial charge in [-0.15, -0.1) is 0 Å². The number of amides is 1. The van der Waals surface area contributed by atoms with E-state index in [0.29, 0.717) is 17.8 Å². The summed E-state index contributed by atoms with van der Waals surface area (Å²) in [4.78, 5) is 14.9. The van der Waals surface area contributed by atoms with E-state index in [9.17, 15) is 9.18 Å². The van der Waals surface area contributed by atoms with E-state index in [2.05, 4.69) is 10.3 Å². The third-order valence-corrected chi connectivity index (χ3v) is 2.79. The lowest BCUT2D eigenvalue weighted by Gasteiger charge is -2.23. The van der Waals surface area contributed by atoms with Gasteiger partial charge in [-0.25, -0.2) is 4.39 Å². The Kier molecular flexibility index (Phi) is 3.09. The first-order chi connectivity index (χ1) is 8.41. The monoisotopic (exact) mass is 249 g/mol. The van der Waals surface area contributed by atoms with Gasteiger partial charge in [-0.05, 0) is 38.1 Å². The van der Waals surface area contributed by atoms with Gasteiger partial charge < -0.3 is 16.0 Å². The molecule has 4 N–H and O–H groups in total. The number of carbonyl (C=O) groups is 1. The Bertz CT molecular complexity index is 589. The van der Waals surface area contributed by atoms with Crippen LogP contribution < -0.4 is 11.1 Å². The summed E-state index contributed by atoms with van der Waals surface area (Å²) in [6.07, 6.45) is 0. The van der Waals surface area contributed by atoms with E-state index in [1.807, 2.05) is 13.8 Å². The van der Waals surface area contributed by atoms with Gasteiger partial charge in [-0.1, -0.05) is 0 Å². The van der Waals surface area contributed by atoms with Crippen molar-refractivity contribution in [3.8, 4) is 0 Å². The van der Waals surface area contributed by atoms with Gasteiger partial charge in [0.05, 0.1) is 0 Å². The highest BCUT2D eigenvalue weighted by Crippen LogP contribution is 2.17. The number of hydrogen-bond donors (Lipinski definition) is 3. The molecule has 1 aromatic heterocycles. The fraction of sp³-hybridized carbons (Fsp3) is 0.308.